The molecule has 0 radical (unpaired) electrons. The number of piperidine rings is 1. The molecule has 0 spiro atoms. The number of rotatable bonds is 7. The predicted molar refractivity (Wildman–Crippen MR) is 77.9 cm³/mol. The highest BCUT2D eigenvalue weighted by molar-refractivity contribution is 7.86. The molecule has 2 aliphatic carbocycles. The van der Waals surface area contributed by atoms with E-state index in [1.807, 2.05) is 0 Å². The van der Waals surface area contributed by atoms with E-state index < -0.39 is 22.1 Å². The fourth-order valence-electron chi connectivity index (χ4n) is 2.96. The molecule has 3 aliphatic rings. The number of hydrogen-bond acceptors (Lipinski definition) is 3. The van der Waals surface area contributed by atoms with Gasteiger partial charge in [0.1, 0.15) is 0 Å². The van der Waals surface area contributed by atoms with Crippen LogP contribution >= 0.6 is 0 Å². The van der Waals surface area contributed by atoms with Gasteiger partial charge in [0.15, 0.2) is 0 Å². The summed E-state index contributed by atoms with van der Waals surface area (Å²) in [6, 6.07) is 0. The molecular weight excluding hydrogens is 292 g/mol. The predicted octanol–water partition coefficient (Wildman–Crippen LogP) is 1.15. The molecule has 1 heterocycles. The van der Waals surface area contributed by atoms with Crippen molar-refractivity contribution in [3.63, 3.8) is 0 Å². The van der Waals surface area contributed by atoms with Crippen LogP contribution in [0.1, 0.15) is 38.5 Å². The summed E-state index contributed by atoms with van der Waals surface area (Å²) in [5, 5.41) is 9.14. The molecule has 120 valence electrons. The number of carboxylic acids is 1. The number of hydrogen-bond donors (Lipinski definition) is 1. The van der Waals surface area contributed by atoms with Gasteiger partial charge in [0.05, 0.1) is 5.92 Å². The summed E-state index contributed by atoms with van der Waals surface area (Å²) in [7, 11) is -3.50. The Morgan fingerprint density at radius 2 is 1.67 bits per heavy atom. The van der Waals surface area contributed by atoms with E-state index in [2.05, 4.69) is 0 Å². The first-order chi connectivity index (χ1) is 9.96. The van der Waals surface area contributed by atoms with Crippen LogP contribution in [0.5, 0.6) is 0 Å². The van der Waals surface area contributed by atoms with Gasteiger partial charge < -0.3 is 5.11 Å². The van der Waals surface area contributed by atoms with Crippen molar-refractivity contribution < 1.29 is 18.3 Å². The van der Waals surface area contributed by atoms with Gasteiger partial charge in [0, 0.05) is 26.2 Å². The lowest BCUT2D eigenvalue weighted by Gasteiger charge is -2.34. The topological polar surface area (TPSA) is 77.9 Å². The van der Waals surface area contributed by atoms with E-state index in [0.717, 1.165) is 25.7 Å². The minimum Gasteiger partial charge on any atom is -0.481 e. The van der Waals surface area contributed by atoms with Gasteiger partial charge in [-0.05, 0) is 50.4 Å². The number of carboxylic acid groups (broad SMARTS) is 1. The Hall–Kier alpha value is -0.660. The quantitative estimate of drug-likeness (QED) is 0.764. The second kappa shape index (κ2) is 5.85. The van der Waals surface area contributed by atoms with Crippen LogP contribution in [0.4, 0.5) is 0 Å². The minimum atomic E-state index is -3.50. The van der Waals surface area contributed by atoms with Crippen molar-refractivity contribution in [2.24, 2.45) is 17.8 Å². The molecule has 0 amide bonds. The lowest BCUT2D eigenvalue weighted by atomic mass is 10.0. The van der Waals surface area contributed by atoms with Gasteiger partial charge in [-0.1, -0.05) is 0 Å². The second-order valence-electron chi connectivity index (χ2n) is 6.75. The van der Waals surface area contributed by atoms with E-state index in [1.54, 1.807) is 4.31 Å². The van der Waals surface area contributed by atoms with Crippen LogP contribution < -0.4 is 0 Å². The highest BCUT2D eigenvalue weighted by Gasteiger charge is 2.40. The van der Waals surface area contributed by atoms with Crippen molar-refractivity contribution in [3.8, 4) is 0 Å². The van der Waals surface area contributed by atoms with E-state index >= 15 is 0 Å². The first kappa shape index (κ1) is 15.2. The third-order valence-corrected chi connectivity index (χ3v) is 6.64. The summed E-state index contributed by atoms with van der Waals surface area (Å²) >= 11 is 0. The summed E-state index contributed by atoms with van der Waals surface area (Å²) in [6.07, 6.45) is 5.69. The fraction of sp³-hybridized carbons (Fsp3) is 0.929. The van der Waals surface area contributed by atoms with Gasteiger partial charge in [-0.25, -0.2) is 0 Å². The smallest absolute Gasteiger partial charge is 0.307 e. The van der Waals surface area contributed by atoms with Crippen LogP contribution in [0.25, 0.3) is 0 Å². The molecule has 0 bridgehead atoms. The number of nitrogens with zero attached hydrogens (tertiary/aromatic N) is 2. The molecule has 1 unspecified atom stereocenters. The summed E-state index contributed by atoms with van der Waals surface area (Å²) in [5.41, 5.74) is 0. The standard InChI is InChI=1S/C14H24N2O4S/c17-14(18)13-2-1-7-15(10-13)21(19,20)16(8-11-3-4-11)9-12-5-6-12/h11-13H,1-10H2,(H,17,18). The molecule has 21 heavy (non-hydrogen) atoms. The van der Waals surface area contributed by atoms with Crippen molar-refractivity contribution in [1.29, 1.82) is 0 Å². The fourth-order valence-corrected chi connectivity index (χ4v) is 4.81. The lowest BCUT2D eigenvalue weighted by Crippen LogP contribution is -2.50. The Balaban J connectivity index is 1.70. The van der Waals surface area contributed by atoms with Gasteiger partial charge in [-0.2, -0.15) is 17.0 Å². The van der Waals surface area contributed by atoms with E-state index in [-0.39, 0.29) is 6.54 Å². The molecule has 1 saturated heterocycles. The van der Waals surface area contributed by atoms with Crippen molar-refractivity contribution in [3.05, 3.63) is 0 Å². The van der Waals surface area contributed by atoms with Crippen LogP contribution in [0.3, 0.4) is 0 Å². The molecule has 6 nitrogen and oxygen atoms in total. The van der Waals surface area contributed by atoms with Crippen LogP contribution in [-0.4, -0.2) is 54.3 Å². The van der Waals surface area contributed by atoms with E-state index in [1.165, 1.54) is 4.31 Å². The zero-order valence-electron chi connectivity index (χ0n) is 12.3. The monoisotopic (exact) mass is 316 g/mol. The number of carbonyl (C=O) groups is 1. The third-order valence-electron chi connectivity index (χ3n) is 4.70. The molecule has 7 heteroatoms. The third kappa shape index (κ3) is 3.76. The molecule has 2 saturated carbocycles. The molecular formula is C14H24N2O4S. The van der Waals surface area contributed by atoms with Crippen LogP contribution in [0.2, 0.25) is 0 Å². The highest BCUT2D eigenvalue weighted by atomic mass is 32.2. The van der Waals surface area contributed by atoms with Crippen molar-refractivity contribution in [2.75, 3.05) is 26.2 Å². The van der Waals surface area contributed by atoms with Crippen molar-refractivity contribution >= 4 is 16.2 Å². The van der Waals surface area contributed by atoms with Crippen LogP contribution in [-0.2, 0) is 15.0 Å². The summed E-state index contributed by atoms with van der Waals surface area (Å²) < 4.78 is 28.7. The highest BCUT2D eigenvalue weighted by Crippen LogP contribution is 2.35. The normalized spacial score (nSPS) is 28.0. The first-order valence-corrected chi connectivity index (χ1v) is 9.34. The molecule has 1 atom stereocenters. The van der Waals surface area contributed by atoms with Crippen LogP contribution in [0, 0.1) is 17.8 Å². The maximum absolute atomic E-state index is 12.8. The van der Waals surface area contributed by atoms with Gasteiger partial charge in [0.25, 0.3) is 10.2 Å². The lowest BCUT2D eigenvalue weighted by molar-refractivity contribution is -0.142. The molecule has 3 fully saturated rings. The Bertz CT molecular complexity index is 485. The summed E-state index contributed by atoms with van der Waals surface area (Å²) in [4.78, 5) is 11.1. The molecule has 0 aromatic carbocycles. The molecule has 0 aromatic heterocycles. The Labute approximate surface area is 126 Å². The van der Waals surface area contributed by atoms with E-state index in [4.69, 9.17) is 5.11 Å². The van der Waals surface area contributed by atoms with Gasteiger partial charge in [-0.3, -0.25) is 4.79 Å². The molecule has 0 aromatic rings. The largest absolute Gasteiger partial charge is 0.481 e. The molecule has 1 aliphatic heterocycles. The van der Waals surface area contributed by atoms with E-state index in [9.17, 15) is 13.2 Å². The second-order valence-corrected chi connectivity index (χ2v) is 8.68. The first-order valence-electron chi connectivity index (χ1n) is 7.95. The zero-order chi connectivity index (χ0) is 15.0. The van der Waals surface area contributed by atoms with Gasteiger partial charge in [0.2, 0.25) is 0 Å². The molecule has 1 N–H and O–H groups in total. The SMILES string of the molecule is O=C(O)C1CCCN(S(=O)(=O)N(CC2CC2)CC2CC2)C1. The van der Waals surface area contributed by atoms with E-state index in [0.29, 0.717) is 44.3 Å². The average molecular weight is 316 g/mol. The Morgan fingerprint density at radius 1 is 1.10 bits per heavy atom. The van der Waals surface area contributed by atoms with Crippen LogP contribution in [0.15, 0.2) is 0 Å². The van der Waals surface area contributed by atoms with Crippen molar-refractivity contribution in [1.82, 2.24) is 8.61 Å². The van der Waals surface area contributed by atoms with Gasteiger partial charge >= 0.3 is 5.97 Å². The summed E-state index contributed by atoms with van der Waals surface area (Å²) in [5.74, 6) is -0.416. The zero-order valence-corrected chi connectivity index (χ0v) is 13.1. The maximum Gasteiger partial charge on any atom is 0.307 e. The molecule has 3 rings (SSSR count). The average Bonchev–Trinajstić information content (AvgIpc) is 3.33. The van der Waals surface area contributed by atoms with Crippen molar-refractivity contribution in [2.45, 2.75) is 38.5 Å². The number of aliphatic carboxylic acids is 1. The summed E-state index contributed by atoms with van der Waals surface area (Å²) in [6.45, 7) is 1.82. The Kier molecular flexibility index (Phi) is 4.25. The maximum atomic E-state index is 12.8. The Morgan fingerprint density at radius 3 is 2.14 bits per heavy atom. The van der Waals surface area contributed by atoms with Gasteiger partial charge in [-0.15, -0.1) is 0 Å². The minimum absolute atomic E-state index is 0.128.